The van der Waals surface area contributed by atoms with E-state index in [4.69, 9.17) is 5.11 Å². The molecule has 0 aliphatic rings. The molecule has 0 radical (unpaired) electrons. The van der Waals surface area contributed by atoms with Gasteiger partial charge in [0.15, 0.2) is 5.88 Å². The number of aromatic nitrogens is 1. The lowest BCUT2D eigenvalue weighted by Gasteiger charge is -2.02. The standard InChI is InChI=1S/C8H9NO2/c1-2-6-9-7(10)4-3-5-8(9)11/h2-5,10H,1,6H2. The zero-order valence-corrected chi connectivity index (χ0v) is 6.03. The maximum Gasteiger partial charge on any atom is 0.253 e. The number of nitrogens with zero attached hydrogens (tertiary/aromatic N) is 1. The van der Waals surface area contributed by atoms with E-state index in [2.05, 4.69) is 6.58 Å². The maximum absolute atomic E-state index is 11.0. The van der Waals surface area contributed by atoms with E-state index < -0.39 is 0 Å². The van der Waals surface area contributed by atoms with Crippen LogP contribution >= 0.6 is 0 Å². The predicted octanol–water partition coefficient (Wildman–Crippen LogP) is 0.740. The smallest absolute Gasteiger partial charge is 0.253 e. The second kappa shape index (κ2) is 3.05. The highest BCUT2D eigenvalue weighted by Crippen LogP contribution is 2.02. The van der Waals surface area contributed by atoms with Crippen LogP contribution in [-0.4, -0.2) is 9.67 Å². The summed E-state index contributed by atoms with van der Waals surface area (Å²) in [5, 5.41) is 9.14. The van der Waals surface area contributed by atoms with Gasteiger partial charge < -0.3 is 5.11 Å². The van der Waals surface area contributed by atoms with Crippen molar-refractivity contribution in [2.45, 2.75) is 6.54 Å². The minimum Gasteiger partial charge on any atom is -0.494 e. The van der Waals surface area contributed by atoms with Crippen molar-refractivity contribution < 1.29 is 5.11 Å². The highest BCUT2D eigenvalue weighted by atomic mass is 16.3. The Bertz CT molecular complexity index is 314. The number of aromatic hydroxyl groups is 1. The molecule has 0 fully saturated rings. The van der Waals surface area contributed by atoms with Gasteiger partial charge in [0.1, 0.15) is 0 Å². The summed E-state index contributed by atoms with van der Waals surface area (Å²) in [7, 11) is 0. The molecule has 11 heavy (non-hydrogen) atoms. The Morgan fingerprint density at radius 3 is 2.91 bits per heavy atom. The van der Waals surface area contributed by atoms with Gasteiger partial charge in [0.2, 0.25) is 0 Å². The van der Waals surface area contributed by atoms with E-state index >= 15 is 0 Å². The van der Waals surface area contributed by atoms with Crippen LogP contribution in [0, 0.1) is 0 Å². The minimum absolute atomic E-state index is 0.0302. The zero-order valence-electron chi connectivity index (χ0n) is 6.03. The Hall–Kier alpha value is -1.51. The molecule has 0 saturated heterocycles. The van der Waals surface area contributed by atoms with Crippen LogP contribution in [0.25, 0.3) is 0 Å². The molecule has 3 nitrogen and oxygen atoms in total. The first-order chi connectivity index (χ1) is 5.25. The molecule has 1 heterocycles. The molecule has 0 aliphatic carbocycles. The third kappa shape index (κ3) is 1.49. The topological polar surface area (TPSA) is 42.2 Å². The minimum atomic E-state index is -0.218. The fraction of sp³-hybridized carbons (Fsp3) is 0.125. The summed E-state index contributed by atoms with van der Waals surface area (Å²) in [5.41, 5.74) is -0.218. The van der Waals surface area contributed by atoms with Crippen molar-refractivity contribution >= 4 is 0 Å². The van der Waals surface area contributed by atoms with E-state index in [9.17, 15) is 4.79 Å². The van der Waals surface area contributed by atoms with E-state index in [-0.39, 0.29) is 11.4 Å². The van der Waals surface area contributed by atoms with Crippen LogP contribution < -0.4 is 5.56 Å². The molecule has 0 spiro atoms. The van der Waals surface area contributed by atoms with Crippen molar-refractivity contribution in [3.8, 4) is 5.88 Å². The summed E-state index contributed by atoms with van der Waals surface area (Å²) in [4.78, 5) is 11.0. The van der Waals surface area contributed by atoms with Crippen molar-refractivity contribution in [2.75, 3.05) is 0 Å². The van der Waals surface area contributed by atoms with Gasteiger partial charge in [0.05, 0.1) is 0 Å². The molecular formula is C8H9NO2. The lowest BCUT2D eigenvalue weighted by Crippen LogP contribution is -2.17. The monoisotopic (exact) mass is 151 g/mol. The molecule has 0 saturated carbocycles. The summed E-state index contributed by atoms with van der Waals surface area (Å²) in [6, 6.07) is 4.37. The number of hydrogen-bond donors (Lipinski definition) is 1. The fourth-order valence-electron chi connectivity index (χ4n) is 0.822. The van der Waals surface area contributed by atoms with E-state index in [1.165, 1.54) is 22.8 Å². The SMILES string of the molecule is C=CCn1c(O)cccc1=O. The van der Waals surface area contributed by atoms with Gasteiger partial charge in [-0.2, -0.15) is 0 Å². The van der Waals surface area contributed by atoms with Gasteiger partial charge in [0.25, 0.3) is 5.56 Å². The van der Waals surface area contributed by atoms with Crippen molar-refractivity contribution in [1.29, 1.82) is 0 Å². The van der Waals surface area contributed by atoms with Crippen LogP contribution in [0.4, 0.5) is 0 Å². The number of rotatable bonds is 2. The summed E-state index contributed by atoms with van der Waals surface area (Å²) >= 11 is 0. The summed E-state index contributed by atoms with van der Waals surface area (Å²) in [5.74, 6) is -0.0302. The Labute approximate surface area is 64.2 Å². The second-order valence-electron chi connectivity index (χ2n) is 2.12. The molecule has 3 heteroatoms. The highest BCUT2D eigenvalue weighted by molar-refractivity contribution is 5.11. The molecule has 1 aromatic heterocycles. The molecule has 0 amide bonds. The number of pyridine rings is 1. The first-order valence-electron chi connectivity index (χ1n) is 3.25. The zero-order chi connectivity index (χ0) is 8.27. The van der Waals surface area contributed by atoms with E-state index in [0.717, 1.165) is 0 Å². The van der Waals surface area contributed by atoms with Crippen LogP contribution in [0.15, 0.2) is 35.6 Å². The van der Waals surface area contributed by atoms with Crippen LogP contribution in [0.1, 0.15) is 0 Å². The molecule has 0 aromatic carbocycles. The number of allylic oxidation sites excluding steroid dienone is 1. The Balaban J connectivity index is 3.20. The molecule has 1 aromatic rings. The van der Waals surface area contributed by atoms with Gasteiger partial charge in [0, 0.05) is 12.6 Å². The Morgan fingerprint density at radius 1 is 1.64 bits per heavy atom. The van der Waals surface area contributed by atoms with Gasteiger partial charge in [-0.3, -0.25) is 9.36 Å². The van der Waals surface area contributed by atoms with E-state index in [1.54, 1.807) is 6.08 Å². The van der Waals surface area contributed by atoms with Crippen LogP contribution in [-0.2, 0) is 6.54 Å². The average Bonchev–Trinajstić information content (AvgIpc) is 1.97. The normalized spacial score (nSPS) is 9.45. The molecule has 0 aliphatic heterocycles. The third-order valence-electron chi connectivity index (χ3n) is 1.34. The van der Waals surface area contributed by atoms with E-state index in [1.807, 2.05) is 0 Å². The largest absolute Gasteiger partial charge is 0.494 e. The molecule has 1 N–H and O–H groups in total. The van der Waals surface area contributed by atoms with Crippen molar-refractivity contribution in [1.82, 2.24) is 4.57 Å². The van der Waals surface area contributed by atoms with Crippen LogP contribution in [0.2, 0.25) is 0 Å². The summed E-state index contributed by atoms with van der Waals surface area (Å²) in [6.07, 6.45) is 1.56. The maximum atomic E-state index is 11.0. The van der Waals surface area contributed by atoms with Gasteiger partial charge in [-0.1, -0.05) is 12.1 Å². The molecule has 0 atom stereocenters. The quantitative estimate of drug-likeness (QED) is 0.633. The van der Waals surface area contributed by atoms with Gasteiger partial charge in [-0.05, 0) is 6.07 Å². The van der Waals surface area contributed by atoms with Crippen LogP contribution in [0.5, 0.6) is 5.88 Å². The van der Waals surface area contributed by atoms with Gasteiger partial charge in [-0.15, -0.1) is 6.58 Å². The average molecular weight is 151 g/mol. The first kappa shape index (κ1) is 7.60. The first-order valence-corrected chi connectivity index (χ1v) is 3.25. The molecular weight excluding hydrogens is 142 g/mol. The fourth-order valence-corrected chi connectivity index (χ4v) is 0.822. The van der Waals surface area contributed by atoms with Crippen molar-refractivity contribution in [3.05, 3.63) is 41.2 Å². The lowest BCUT2D eigenvalue weighted by atomic mass is 10.4. The van der Waals surface area contributed by atoms with Crippen molar-refractivity contribution in [2.24, 2.45) is 0 Å². The summed E-state index contributed by atoms with van der Waals surface area (Å²) in [6.45, 7) is 3.81. The Morgan fingerprint density at radius 2 is 2.36 bits per heavy atom. The molecule has 0 unspecified atom stereocenters. The van der Waals surface area contributed by atoms with Gasteiger partial charge >= 0.3 is 0 Å². The molecule has 0 bridgehead atoms. The lowest BCUT2D eigenvalue weighted by molar-refractivity contribution is 0.416. The molecule has 58 valence electrons. The van der Waals surface area contributed by atoms with Crippen LogP contribution in [0.3, 0.4) is 0 Å². The second-order valence-corrected chi connectivity index (χ2v) is 2.12. The summed E-state index contributed by atoms with van der Waals surface area (Å²) < 4.78 is 1.23. The Kier molecular flexibility index (Phi) is 2.11. The van der Waals surface area contributed by atoms with Crippen molar-refractivity contribution in [3.63, 3.8) is 0 Å². The number of hydrogen-bond acceptors (Lipinski definition) is 2. The highest BCUT2D eigenvalue weighted by Gasteiger charge is 1.96. The molecule has 1 rings (SSSR count). The third-order valence-corrected chi connectivity index (χ3v) is 1.34. The van der Waals surface area contributed by atoms with Gasteiger partial charge in [-0.25, -0.2) is 0 Å². The predicted molar refractivity (Wildman–Crippen MR) is 42.6 cm³/mol. The van der Waals surface area contributed by atoms with E-state index in [0.29, 0.717) is 6.54 Å².